The standard InChI is InChI=1S/C27H35F3N4OSi/c1-21-8-10-24(11-9-21)32-12-14-33(15-13-32)26-31-25(19-34(26)20-35-16-17-36(2,3)4)22-6-5-7-23(18-22)27(28,29)30/h5-11,18-19H,12-17,20H2,1-4H3. The number of imidazole rings is 1. The highest BCUT2D eigenvalue weighted by atomic mass is 28.3. The summed E-state index contributed by atoms with van der Waals surface area (Å²) in [6.45, 7) is 13.2. The lowest BCUT2D eigenvalue weighted by molar-refractivity contribution is -0.137. The van der Waals surface area contributed by atoms with Crippen LogP contribution in [0.3, 0.4) is 0 Å². The Bertz CT molecular complexity index is 1150. The monoisotopic (exact) mass is 516 g/mol. The minimum absolute atomic E-state index is 0.323. The molecule has 0 spiro atoms. The number of hydrogen-bond donors (Lipinski definition) is 0. The van der Waals surface area contributed by atoms with Gasteiger partial charge in [0.1, 0.15) is 6.73 Å². The second-order valence-corrected chi connectivity index (χ2v) is 16.3. The van der Waals surface area contributed by atoms with Crippen molar-refractivity contribution < 1.29 is 17.9 Å². The molecule has 9 heteroatoms. The van der Waals surface area contributed by atoms with E-state index in [-0.39, 0.29) is 0 Å². The van der Waals surface area contributed by atoms with E-state index < -0.39 is 19.8 Å². The Morgan fingerprint density at radius 1 is 0.944 bits per heavy atom. The summed E-state index contributed by atoms with van der Waals surface area (Å²) >= 11 is 0. The highest BCUT2D eigenvalue weighted by Gasteiger charge is 2.31. The number of nitrogens with zero attached hydrogens (tertiary/aromatic N) is 4. The summed E-state index contributed by atoms with van der Waals surface area (Å²) in [5, 5.41) is 0. The van der Waals surface area contributed by atoms with Crippen LogP contribution in [0.2, 0.25) is 25.7 Å². The maximum absolute atomic E-state index is 13.3. The van der Waals surface area contributed by atoms with E-state index in [0.717, 1.165) is 50.3 Å². The molecule has 5 nitrogen and oxygen atoms in total. The molecule has 0 bridgehead atoms. The third-order valence-corrected chi connectivity index (χ3v) is 8.13. The molecule has 0 radical (unpaired) electrons. The zero-order valence-corrected chi connectivity index (χ0v) is 22.5. The van der Waals surface area contributed by atoms with Crippen LogP contribution in [0.4, 0.5) is 24.8 Å². The Morgan fingerprint density at radius 3 is 2.25 bits per heavy atom. The Balaban J connectivity index is 1.54. The van der Waals surface area contributed by atoms with Gasteiger partial charge in [-0.05, 0) is 37.2 Å². The van der Waals surface area contributed by atoms with Crippen LogP contribution < -0.4 is 9.80 Å². The van der Waals surface area contributed by atoms with E-state index in [0.29, 0.717) is 24.6 Å². The first kappa shape index (κ1) is 26.3. The molecule has 0 atom stereocenters. The summed E-state index contributed by atoms with van der Waals surface area (Å²) < 4.78 is 47.8. The first-order valence-corrected chi connectivity index (χ1v) is 16.1. The number of halogens is 3. The van der Waals surface area contributed by atoms with Gasteiger partial charge >= 0.3 is 6.18 Å². The Labute approximate surface area is 212 Å². The average Bonchev–Trinajstić information content (AvgIpc) is 3.26. The van der Waals surface area contributed by atoms with Crippen molar-refractivity contribution in [1.29, 1.82) is 0 Å². The van der Waals surface area contributed by atoms with Gasteiger partial charge in [0, 0.05) is 58.3 Å². The summed E-state index contributed by atoms with van der Waals surface area (Å²) in [6, 6.07) is 14.9. The van der Waals surface area contributed by atoms with Gasteiger partial charge in [0.05, 0.1) is 11.3 Å². The van der Waals surface area contributed by atoms with Crippen LogP contribution in [-0.4, -0.2) is 50.4 Å². The number of anilines is 2. The second-order valence-electron chi connectivity index (χ2n) is 10.6. The smallest absolute Gasteiger partial charge is 0.368 e. The molecule has 36 heavy (non-hydrogen) atoms. The molecular weight excluding hydrogens is 481 g/mol. The van der Waals surface area contributed by atoms with Gasteiger partial charge in [0.15, 0.2) is 0 Å². The van der Waals surface area contributed by atoms with E-state index >= 15 is 0 Å². The van der Waals surface area contributed by atoms with Gasteiger partial charge in [-0.2, -0.15) is 13.2 Å². The third kappa shape index (κ3) is 6.70. The molecule has 0 amide bonds. The SMILES string of the molecule is Cc1ccc(N2CCN(c3nc(-c4cccc(C(F)(F)F)c4)cn3COCC[Si](C)(C)C)CC2)cc1. The van der Waals surface area contributed by atoms with E-state index in [1.54, 1.807) is 6.07 Å². The van der Waals surface area contributed by atoms with Crippen LogP contribution in [-0.2, 0) is 17.6 Å². The van der Waals surface area contributed by atoms with Crippen LogP contribution in [0.15, 0.2) is 54.7 Å². The van der Waals surface area contributed by atoms with Gasteiger partial charge in [0.25, 0.3) is 0 Å². The van der Waals surface area contributed by atoms with Gasteiger partial charge in [-0.1, -0.05) is 49.5 Å². The zero-order chi connectivity index (χ0) is 25.9. The first-order chi connectivity index (χ1) is 17.0. The number of benzene rings is 2. The van der Waals surface area contributed by atoms with Crippen LogP contribution in [0, 0.1) is 6.92 Å². The molecule has 0 aliphatic carbocycles. The number of hydrogen-bond acceptors (Lipinski definition) is 4. The number of alkyl halides is 3. The van der Waals surface area contributed by atoms with Crippen molar-refractivity contribution in [2.75, 3.05) is 42.6 Å². The van der Waals surface area contributed by atoms with E-state index in [1.165, 1.54) is 17.3 Å². The molecule has 4 rings (SSSR count). The summed E-state index contributed by atoms with van der Waals surface area (Å²) in [6.07, 6.45) is -2.58. The molecule has 3 aromatic rings. The van der Waals surface area contributed by atoms with Crippen molar-refractivity contribution in [1.82, 2.24) is 9.55 Å². The maximum atomic E-state index is 13.3. The molecule has 1 aliphatic heterocycles. The molecular formula is C27H35F3N4OSi. The van der Waals surface area contributed by atoms with Crippen molar-refractivity contribution >= 4 is 19.7 Å². The molecule has 0 saturated carbocycles. The quantitative estimate of drug-likeness (QED) is 0.252. The number of rotatable bonds is 8. The highest BCUT2D eigenvalue weighted by Crippen LogP contribution is 2.33. The molecule has 1 fully saturated rings. The van der Waals surface area contributed by atoms with Crippen LogP contribution in [0.5, 0.6) is 0 Å². The summed E-state index contributed by atoms with van der Waals surface area (Å²) in [7, 11) is -1.23. The third-order valence-electron chi connectivity index (χ3n) is 6.43. The lowest BCUT2D eigenvalue weighted by atomic mass is 10.1. The Hall–Kier alpha value is -2.78. The fraction of sp³-hybridized carbons (Fsp3) is 0.444. The van der Waals surface area contributed by atoms with Crippen LogP contribution in [0.1, 0.15) is 11.1 Å². The van der Waals surface area contributed by atoms with Gasteiger partial charge in [-0.25, -0.2) is 4.98 Å². The predicted molar refractivity (Wildman–Crippen MR) is 142 cm³/mol. The van der Waals surface area contributed by atoms with Gasteiger partial charge in [0.2, 0.25) is 5.95 Å². The van der Waals surface area contributed by atoms with Crippen LogP contribution in [0.25, 0.3) is 11.3 Å². The van der Waals surface area contributed by atoms with E-state index in [9.17, 15) is 13.2 Å². The van der Waals surface area contributed by atoms with Crippen molar-refractivity contribution in [3.63, 3.8) is 0 Å². The van der Waals surface area contributed by atoms with E-state index in [2.05, 4.69) is 60.6 Å². The van der Waals surface area contributed by atoms with Crippen LogP contribution >= 0.6 is 0 Å². The van der Waals surface area contributed by atoms with Crippen molar-refractivity contribution in [2.24, 2.45) is 0 Å². The van der Waals surface area contributed by atoms with Gasteiger partial charge < -0.3 is 14.5 Å². The van der Waals surface area contributed by atoms with E-state index in [4.69, 9.17) is 9.72 Å². The van der Waals surface area contributed by atoms with Crippen molar-refractivity contribution in [3.8, 4) is 11.3 Å². The zero-order valence-electron chi connectivity index (χ0n) is 21.5. The first-order valence-electron chi connectivity index (χ1n) is 12.4. The number of aryl methyl sites for hydroxylation is 1. The number of piperazine rings is 1. The Morgan fingerprint density at radius 2 is 1.61 bits per heavy atom. The summed E-state index contributed by atoms with van der Waals surface area (Å²) in [4.78, 5) is 9.34. The second kappa shape index (κ2) is 10.7. The van der Waals surface area contributed by atoms with E-state index in [1.807, 2.05) is 10.8 Å². The minimum atomic E-state index is -4.40. The normalized spacial score (nSPS) is 15.0. The fourth-order valence-corrected chi connectivity index (χ4v) is 4.97. The molecule has 1 aliphatic rings. The topological polar surface area (TPSA) is 33.5 Å². The molecule has 1 saturated heterocycles. The molecule has 0 unspecified atom stereocenters. The summed E-state index contributed by atoms with van der Waals surface area (Å²) in [5.74, 6) is 0.735. The molecule has 0 N–H and O–H groups in total. The highest BCUT2D eigenvalue weighted by molar-refractivity contribution is 6.76. The summed E-state index contributed by atoms with van der Waals surface area (Å²) in [5.41, 5.74) is 2.73. The lowest BCUT2D eigenvalue weighted by Crippen LogP contribution is -2.47. The fourth-order valence-electron chi connectivity index (χ4n) is 4.21. The number of aromatic nitrogens is 2. The molecule has 2 aromatic carbocycles. The van der Waals surface area contributed by atoms with Crippen molar-refractivity contribution in [2.45, 2.75) is 45.5 Å². The molecule has 194 valence electrons. The average molecular weight is 517 g/mol. The predicted octanol–water partition coefficient (Wildman–Crippen LogP) is 6.52. The Kier molecular flexibility index (Phi) is 7.80. The molecule has 2 heterocycles. The van der Waals surface area contributed by atoms with Gasteiger partial charge in [-0.15, -0.1) is 0 Å². The number of ether oxygens (including phenoxy) is 1. The van der Waals surface area contributed by atoms with Gasteiger partial charge in [-0.3, -0.25) is 4.57 Å². The maximum Gasteiger partial charge on any atom is 0.416 e. The molecule has 1 aromatic heterocycles. The van der Waals surface area contributed by atoms with Crippen molar-refractivity contribution in [3.05, 3.63) is 65.9 Å². The largest absolute Gasteiger partial charge is 0.416 e. The minimum Gasteiger partial charge on any atom is -0.368 e. The lowest BCUT2D eigenvalue weighted by Gasteiger charge is -2.36.